The zero-order valence-corrected chi connectivity index (χ0v) is 15.3. The van der Waals surface area contributed by atoms with E-state index in [-0.39, 0.29) is 34.9 Å². The van der Waals surface area contributed by atoms with Gasteiger partial charge < -0.3 is 5.32 Å². The SMILES string of the molecule is CC1CCC(NC(=O)Cn2c(Cl)nc3c2c(=O)n(C)c(=O)n3C)CC1. The van der Waals surface area contributed by atoms with Crippen molar-refractivity contribution in [3.05, 3.63) is 26.1 Å². The molecule has 9 heteroatoms. The lowest BCUT2D eigenvalue weighted by Crippen LogP contribution is -2.40. The number of aromatic nitrogens is 4. The van der Waals surface area contributed by atoms with Gasteiger partial charge in [-0.1, -0.05) is 6.92 Å². The minimum atomic E-state index is -0.517. The summed E-state index contributed by atoms with van der Waals surface area (Å²) in [6.07, 6.45) is 4.12. The van der Waals surface area contributed by atoms with Crippen LogP contribution in [0.4, 0.5) is 0 Å². The molecule has 136 valence electrons. The Labute approximate surface area is 149 Å². The molecule has 0 aromatic carbocycles. The van der Waals surface area contributed by atoms with Gasteiger partial charge in [-0.15, -0.1) is 0 Å². The van der Waals surface area contributed by atoms with Crippen LogP contribution in [-0.2, 0) is 25.4 Å². The number of hydrogen-bond acceptors (Lipinski definition) is 4. The second-order valence-electron chi connectivity index (χ2n) is 6.87. The van der Waals surface area contributed by atoms with Crippen LogP contribution in [0.1, 0.15) is 32.6 Å². The van der Waals surface area contributed by atoms with Gasteiger partial charge in [-0.2, -0.15) is 4.98 Å². The molecule has 0 bridgehead atoms. The molecule has 1 aliphatic carbocycles. The van der Waals surface area contributed by atoms with Crippen LogP contribution in [0, 0.1) is 5.92 Å². The van der Waals surface area contributed by atoms with E-state index in [1.165, 1.54) is 23.2 Å². The van der Waals surface area contributed by atoms with Crippen LogP contribution >= 0.6 is 11.6 Å². The number of imidazole rings is 1. The molecule has 1 aliphatic rings. The van der Waals surface area contributed by atoms with Crippen LogP contribution in [0.3, 0.4) is 0 Å². The number of fused-ring (bicyclic) bond motifs is 1. The van der Waals surface area contributed by atoms with Gasteiger partial charge in [0.05, 0.1) is 0 Å². The molecule has 2 aromatic heterocycles. The molecule has 8 nitrogen and oxygen atoms in total. The minimum Gasteiger partial charge on any atom is -0.352 e. The highest BCUT2D eigenvalue weighted by molar-refractivity contribution is 6.29. The van der Waals surface area contributed by atoms with Crippen molar-refractivity contribution in [1.82, 2.24) is 24.0 Å². The summed E-state index contributed by atoms with van der Waals surface area (Å²) in [5.74, 6) is 0.487. The van der Waals surface area contributed by atoms with Crippen molar-refractivity contribution in [2.75, 3.05) is 0 Å². The average molecular weight is 368 g/mol. The van der Waals surface area contributed by atoms with E-state index in [4.69, 9.17) is 11.6 Å². The number of carbonyl (C=O) groups is 1. The highest BCUT2D eigenvalue weighted by Crippen LogP contribution is 2.23. The number of aryl methyl sites for hydroxylation is 1. The Morgan fingerprint density at radius 1 is 1.20 bits per heavy atom. The molecule has 3 rings (SSSR count). The average Bonchev–Trinajstić information content (AvgIpc) is 2.90. The zero-order chi connectivity index (χ0) is 18.3. The summed E-state index contributed by atoms with van der Waals surface area (Å²) < 4.78 is 3.59. The first-order valence-electron chi connectivity index (χ1n) is 8.40. The Morgan fingerprint density at radius 2 is 1.84 bits per heavy atom. The first-order chi connectivity index (χ1) is 11.8. The van der Waals surface area contributed by atoms with Crippen LogP contribution in [0.25, 0.3) is 11.2 Å². The van der Waals surface area contributed by atoms with Crippen LogP contribution in [0.15, 0.2) is 9.59 Å². The monoisotopic (exact) mass is 367 g/mol. The zero-order valence-electron chi connectivity index (χ0n) is 14.6. The molecule has 1 N–H and O–H groups in total. The van der Waals surface area contributed by atoms with Crippen LogP contribution in [-0.4, -0.2) is 30.6 Å². The second kappa shape index (κ2) is 6.67. The summed E-state index contributed by atoms with van der Waals surface area (Å²) in [4.78, 5) is 40.9. The van der Waals surface area contributed by atoms with E-state index < -0.39 is 11.2 Å². The highest BCUT2D eigenvalue weighted by Gasteiger charge is 2.23. The number of carbonyl (C=O) groups excluding carboxylic acids is 1. The molecule has 25 heavy (non-hydrogen) atoms. The Bertz CT molecular complexity index is 934. The third kappa shape index (κ3) is 3.22. The van der Waals surface area contributed by atoms with Crippen molar-refractivity contribution in [1.29, 1.82) is 0 Å². The molecular formula is C16H22ClN5O3. The normalized spacial score (nSPS) is 20.8. The Morgan fingerprint density at radius 3 is 2.48 bits per heavy atom. The summed E-state index contributed by atoms with van der Waals surface area (Å²) in [5.41, 5.74) is -0.671. The third-order valence-corrected chi connectivity index (χ3v) is 5.27. The molecule has 0 saturated heterocycles. The molecule has 0 unspecified atom stereocenters. The van der Waals surface area contributed by atoms with Crippen LogP contribution in [0.5, 0.6) is 0 Å². The summed E-state index contributed by atoms with van der Waals surface area (Å²) >= 11 is 6.13. The summed E-state index contributed by atoms with van der Waals surface area (Å²) in [5, 5.41) is 3.02. The maximum Gasteiger partial charge on any atom is 0.332 e. The summed E-state index contributed by atoms with van der Waals surface area (Å²) in [6, 6.07) is 0.157. The Hall–Kier alpha value is -2.09. The smallest absolute Gasteiger partial charge is 0.332 e. The molecule has 0 spiro atoms. The number of halogens is 1. The Balaban J connectivity index is 1.89. The minimum absolute atomic E-state index is 0.0146. The molecule has 1 saturated carbocycles. The van der Waals surface area contributed by atoms with Crippen molar-refractivity contribution in [2.24, 2.45) is 20.0 Å². The molecule has 0 atom stereocenters. The molecule has 0 radical (unpaired) electrons. The van der Waals surface area contributed by atoms with Crippen molar-refractivity contribution in [3.63, 3.8) is 0 Å². The predicted octanol–water partition coefficient (Wildman–Crippen LogP) is 0.782. The van der Waals surface area contributed by atoms with E-state index in [0.29, 0.717) is 5.92 Å². The van der Waals surface area contributed by atoms with E-state index in [1.54, 1.807) is 0 Å². The number of rotatable bonds is 3. The first kappa shape index (κ1) is 17.7. The highest BCUT2D eigenvalue weighted by atomic mass is 35.5. The molecule has 1 amide bonds. The van der Waals surface area contributed by atoms with Gasteiger partial charge in [0.25, 0.3) is 5.56 Å². The molecule has 0 aliphatic heterocycles. The van der Waals surface area contributed by atoms with E-state index in [1.807, 2.05) is 0 Å². The summed E-state index contributed by atoms with van der Waals surface area (Å²) in [6.45, 7) is 2.12. The maximum absolute atomic E-state index is 12.4. The largest absolute Gasteiger partial charge is 0.352 e. The van der Waals surface area contributed by atoms with E-state index in [0.717, 1.165) is 30.3 Å². The molecular weight excluding hydrogens is 346 g/mol. The topological polar surface area (TPSA) is 90.9 Å². The number of amides is 1. The standard InChI is InChI=1S/C16H22ClN5O3/c1-9-4-6-10(7-5-9)18-11(23)8-22-12-13(19-15(22)17)20(2)16(25)21(3)14(12)24/h9-10H,4-8H2,1-3H3,(H,18,23). The van der Waals surface area contributed by atoms with Gasteiger partial charge in [-0.3, -0.25) is 23.3 Å². The lowest BCUT2D eigenvalue weighted by Gasteiger charge is -2.27. The fourth-order valence-electron chi connectivity index (χ4n) is 3.39. The molecule has 2 aromatic rings. The number of nitrogens with zero attached hydrogens (tertiary/aromatic N) is 4. The van der Waals surface area contributed by atoms with E-state index in [2.05, 4.69) is 17.2 Å². The first-order valence-corrected chi connectivity index (χ1v) is 8.78. The number of hydrogen-bond donors (Lipinski definition) is 1. The van der Waals surface area contributed by atoms with Crippen molar-refractivity contribution >= 4 is 28.7 Å². The van der Waals surface area contributed by atoms with Crippen molar-refractivity contribution < 1.29 is 4.79 Å². The van der Waals surface area contributed by atoms with Gasteiger partial charge in [0, 0.05) is 20.1 Å². The van der Waals surface area contributed by atoms with Crippen LogP contribution < -0.4 is 16.6 Å². The van der Waals surface area contributed by atoms with E-state index in [9.17, 15) is 14.4 Å². The fraction of sp³-hybridized carbons (Fsp3) is 0.625. The second-order valence-corrected chi connectivity index (χ2v) is 7.21. The number of nitrogens with one attached hydrogen (secondary N) is 1. The quantitative estimate of drug-likeness (QED) is 0.812. The van der Waals surface area contributed by atoms with Gasteiger partial charge in [0.15, 0.2) is 11.2 Å². The summed E-state index contributed by atoms with van der Waals surface area (Å²) in [7, 11) is 2.90. The van der Waals surface area contributed by atoms with Crippen molar-refractivity contribution in [2.45, 2.75) is 45.2 Å². The fourth-order valence-corrected chi connectivity index (χ4v) is 3.61. The molecule has 1 fully saturated rings. The van der Waals surface area contributed by atoms with Gasteiger partial charge in [0.1, 0.15) is 6.54 Å². The predicted molar refractivity (Wildman–Crippen MR) is 94.8 cm³/mol. The van der Waals surface area contributed by atoms with Gasteiger partial charge in [-0.25, -0.2) is 4.79 Å². The third-order valence-electron chi connectivity index (χ3n) is 4.98. The molecule has 2 heterocycles. The van der Waals surface area contributed by atoms with Gasteiger partial charge in [0.2, 0.25) is 11.2 Å². The Kier molecular flexibility index (Phi) is 4.73. The van der Waals surface area contributed by atoms with Crippen LogP contribution in [0.2, 0.25) is 5.28 Å². The lowest BCUT2D eigenvalue weighted by molar-refractivity contribution is -0.122. The van der Waals surface area contributed by atoms with Gasteiger partial charge in [-0.05, 0) is 43.2 Å². The maximum atomic E-state index is 12.4. The van der Waals surface area contributed by atoms with Crippen molar-refractivity contribution in [3.8, 4) is 0 Å². The lowest BCUT2D eigenvalue weighted by atomic mass is 9.87. The van der Waals surface area contributed by atoms with Gasteiger partial charge >= 0.3 is 5.69 Å². The van der Waals surface area contributed by atoms with E-state index >= 15 is 0 Å².